The molecule has 7 nitrogen and oxygen atoms in total. The maximum Gasteiger partial charge on any atom is 0.242 e. The van der Waals surface area contributed by atoms with Crippen molar-refractivity contribution in [1.82, 2.24) is 10.2 Å². The van der Waals surface area contributed by atoms with E-state index >= 15 is 0 Å². The van der Waals surface area contributed by atoms with Crippen molar-refractivity contribution >= 4 is 39.1 Å². The third-order valence-corrected chi connectivity index (χ3v) is 6.83. The molecule has 0 saturated carbocycles. The summed E-state index contributed by atoms with van der Waals surface area (Å²) in [6, 6.07) is 11.4. The highest BCUT2D eigenvalue weighted by molar-refractivity contribution is 7.92. The van der Waals surface area contributed by atoms with Crippen molar-refractivity contribution in [2.75, 3.05) is 23.7 Å². The third-order valence-electron chi connectivity index (χ3n) is 5.38. The molecule has 0 bridgehead atoms. The zero-order chi connectivity index (χ0) is 26.2. The first-order valence-corrected chi connectivity index (χ1v) is 13.7. The predicted octanol–water partition coefficient (Wildman–Crippen LogP) is 4.21. The molecule has 1 unspecified atom stereocenters. The standard InChI is InChI=1S/C25H33ClFN3O4S/c1-18(2)16-28-25(32)19(3)29(17-20-7-11-22(27)12-8-20)24(31)6-5-15-30(35(4,33)34)23-13-9-21(26)10-14-23/h7-14,18-19H,5-6,15-17H2,1-4H3,(H,28,32). The van der Waals surface area contributed by atoms with Gasteiger partial charge in [-0.15, -0.1) is 0 Å². The Morgan fingerprint density at radius 1 is 1.03 bits per heavy atom. The second-order valence-electron chi connectivity index (χ2n) is 8.88. The monoisotopic (exact) mass is 525 g/mol. The van der Waals surface area contributed by atoms with E-state index in [-0.39, 0.29) is 43.7 Å². The van der Waals surface area contributed by atoms with Gasteiger partial charge in [0.2, 0.25) is 21.8 Å². The Balaban J connectivity index is 2.14. The SMILES string of the molecule is CC(C)CNC(=O)C(C)N(Cc1ccc(F)cc1)C(=O)CCCN(c1ccc(Cl)cc1)S(C)(=O)=O. The van der Waals surface area contributed by atoms with Gasteiger partial charge in [-0.2, -0.15) is 0 Å². The molecule has 2 aromatic rings. The predicted molar refractivity (Wildman–Crippen MR) is 137 cm³/mol. The minimum atomic E-state index is -3.58. The van der Waals surface area contributed by atoms with Crippen LogP contribution in [-0.2, 0) is 26.2 Å². The van der Waals surface area contributed by atoms with Gasteiger partial charge in [0.05, 0.1) is 11.9 Å². The number of halogens is 2. The number of sulfonamides is 1. The molecule has 2 rings (SSSR count). The molecule has 10 heteroatoms. The highest BCUT2D eigenvalue weighted by atomic mass is 35.5. The van der Waals surface area contributed by atoms with Crippen molar-refractivity contribution in [1.29, 1.82) is 0 Å². The van der Waals surface area contributed by atoms with Gasteiger partial charge in [-0.3, -0.25) is 13.9 Å². The van der Waals surface area contributed by atoms with Gasteiger partial charge in [0, 0.05) is 31.1 Å². The number of amides is 2. The molecule has 2 aromatic carbocycles. The van der Waals surface area contributed by atoms with E-state index in [0.717, 1.165) is 6.26 Å². The molecule has 0 aliphatic heterocycles. The third kappa shape index (κ3) is 9.14. The maximum atomic E-state index is 13.3. The number of hydrogen-bond donors (Lipinski definition) is 1. The number of carbonyl (C=O) groups excluding carboxylic acids is 2. The lowest BCUT2D eigenvalue weighted by Crippen LogP contribution is -2.48. The number of hydrogen-bond acceptors (Lipinski definition) is 4. The number of carbonyl (C=O) groups is 2. The van der Waals surface area contributed by atoms with E-state index in [1.54, 1.807) is 43.3 Å². The number of anilines is 1. The van der Waals surface area contributed by atoms with E-state index in [2.05, 4.69) is 5.32 Å². The Morgan fingerprint density at radius 2 is 1.63 bits per heavy atom. The van der Waals surface area contributed by atoms with Crippen LogP contribution in [0.5, 0.6) is 0 Å². The van der Waals surface area contributed by atoms with Crippen LogP contribution < -0.4 is 9.62 Å². The van der Waals surface area contributed by atoms with E-state index in [1.807, 2.05) is 13.8 Å². The molecule has 192 valence electrons. The molecule has 0 radical (unpaired) electrons. The van der Waals surface area contributed by atoms with Crippen LogP contribution in [0.4, 0.5) is 10.1 Å². The van der Waals surface area contributed by atoms with Crippen LogP contribution in [0.1, 0.15) is 39.2 Å². The second-order valence-corrected chi connectivity index (χ2v) is 11.2. The molecule has 0 saturated heterocycles. The fourth-order valence-electron chi connectivity index (χ4n) is 3.43. The normalized spacial score (nSPS) is 12.3. The first-order valence-electron chi connectivity index (χ1n) is 11.4. The summed E-state index contributed by atoms with van der Waals surface area (Å²) in [5, 5.41) is 3.33. The summed E-state index contributed by atoms with van der Waals surface area (Å²) in [4.78, 5) is 27.3. The largest absolute Gasteiger partial charge is 0.354 e. The fourth-order valence-corrected chi connectivity index (χ4v) is 4.52. The molecular weight excluding hydrogens is 493 g/mol. The second kappa shape index (κ2) is 12.9. The number of benzene rings is 2. The van der Waals surface area contributed by atoms with Gasteiger partial charge < -0.3 is 10.2 Å². The maximum absolute atomic E-state index is 13.3. The Bertz CT molecular complexity index is 1090. The van der Waals surface area contributed by atoms with Gasteiger partial charge in [-0.05, 0) is 61.2 Å². The van der Waals surface area contributed by atoms with Crippen molar-refractivity contribution in [2.45, 2.75) is 46.2 Å². The van der Waals surface area contributed by atoms with E-state index in [9.17, 15) is 22.4 Å². The van der Waals surface area contributed by atoms with E-state index in [0.29, 0.717) is 22.8 Å². The average Bonchev–Trinajstić information content (AvgIpc) is 2.79. The van der Waals surface area contributed by atoms with Crippen LogP contribution in [0.25, 0.3) is 0 Å². The smallest absolute Gasteiger partial charge is 0.242 e. The first kappa shape index (κ1) is 28.6. The molecule has 1 N–H and O–H groups in total. The molecule has 0 heterocycles. The van der Waals surface area contributed by atoms with Crippen LogP contribution in [0.2, 0.25) is 5.02 Å². The van der Waals surface area contributed by atoms with Crippen LogP contribution in [-0.4, -0.2) is 50.5 Å². The lowest BCUT2D eigenvalue weighted by Gasteiger charge is -2.29. The quantitative estimate of drug-likeness (QED) is 0.449. The highest BCUT2D eigenvalue weighted by Crippen LogP contribution is 2.21. The zero-order valence-corrected chi connectivity index (χ0v) is 22.1. The summed E-state index contributed by atoms with van der Waals surface area (Å²) < 4.78 is 39.2. The van der Waals surface area contributed by atoms with Gasteiger partial charge in [0.1, 0.15) is 11.9 Å². The molecule has 0 fully saturated rings. The summed E-state index contributed by atoms with van der Waals surface area (Å²) in [5.74, 6) is -0.723. The summed E-state index contributed by atoms with van der Waals surface area (Å²) >= 11 is 5.91. The molecule has 2 amide bonds. The minimum absolute atomic E-state index is 0.0304. The van der Waals surface area contributed by atoms with Gasteiger partial charge in [-0.25, -0.2) is 12.8 Å². The Labute approximate surface area is 212 Å². The Hall–Kier alpha value is -2.65. The van der Waals surface area contributed by atoms with Gasteiger partial charge in [0.15, 0.2) is 0 Å². The van der Waals surface area contributed by atoms with Crippen LogP contribution in [0, 0.1) is 11.7 Å². The van der Waals surface area contributed by atoms with Crippen molar-refractivity contribution in [2.24, 2.45) is 5.92 Å². The zero-order valence-electron chi connectivity index (χ0n) is 20.5. The minimum Gasteiger partial charge on any atom is -0.354 e. The summed E-state index contributed by atoms with van der Waals surface area (Å²) in [7, 11) is -3.58. The number of nitrogens with one attached hydrogen (secondary N) is 1. The molecule has 0 spiro atoms. The van der Waals surface area contributed by atoms with Crippen molar-refractivity contribution in [3.05, 3.63) is 64.9 Å². The van der Waals surface area contributed by atoms with Crippen LogP contribution in [0.3, 0.4) is 0 Å². The molecule has 1 atom stereocenters. The van der Waals surface area contributed by atoms with Crippen molar-refractivity contribution in [3.63, 3.8) is 0 Å². The van der Waals surface area contributed by atoms with Gasteiger partial charge in [-0.1, -0.05) is 37.6 Å². The van der Waals surface area contributed by atoms with Crippen LogP contribution >= 0.6 is 11.6 Å². The summed E-state index contributed by atoms with van der Waals surface area (Å²) in [6.07, 6.45) is 1.38. The van der Waals surface area contributed by atoms with Gasteiger partial charge >= 0.3 is 0 Å². The first-order chi connectivity index (χ1) is 16.4. The summed E-state index contributed by atoms with van der Waals surface area (Å²) in [5.41, 5.74) is 1.14. The molecule has 0 aliphatic carbocycles. The van der Waals surface area contributed by atoms with E-state index < -0.39 is 21.9 Å². The molecular formula is C25H33ClFN3O4S. The highest BCUT2D eigenvalue weighted by Gasteiger charge is 2.26. The Kier molecular flexibility index (Phi) is 10.5. The summed E-state index contributed by atoms with van der Waals surface area (Å²) in [6.45, 7) is 6.29. The fraction of sp³-hybridized carbons (Fsp3) is 0.440. The average molecular weight is 526 g/mol. The van der Waals surface area contributed by atoms with Crippen molar-refractivity contribution in [3.8, 4) is 0 Å². The van der Waals surface area contributed by atoms with Gasteiger partial charge in [0.25, 0.3) is 0 Å². The van der Waals surface area contributed by atoms with Crippen LogP contribution in [0.15, 0.2) is 48.5 Å². The number of nitrogens with zero attached hydrogens (tertiary/aromatic N) is 2. The van der Waals surface area contributed by atoms with Crippen molar-refractivity contribution < 1.29 is 22.4 Å². The van der Waals surface area contributed by atoms with E-state index in [4.69, 9.17) is 11.6 Å². The number of rotatable bonds is 12. The topological polar surface area (TPSA) is 86.8 Å². The Morgan fingerprint density at radius 3 is 2.17 bits per heavy atom. The lowest BCUT2D eigenvalue weighted by atomic mass is 10.1. The molecule has 35 heavy (non-hydrogen) atoms. The van der Waals surface area contributed by atoms with E-state index in [1.165, 1.54) is 21.3 Å². The lowest BCUT2D eigenvalue weighted by molar-refractivity contribution is -0.140. The molecule has 0 aliphatic rings. The molecule has 0 aromatic heterocycles.